The average Bonchev–Trinajstić information content (AvgIpc) is 3.33. The number of β-lactam (4-membered cyclic amide) rings is 1. The van der Waals surface area contributed by atoms with Crippen molar-refractivity contribution in [3.05, 3.63) is 73.6 Å². The van der Waals surface area contributed by atoms with Crippen molar-refractivity contribution in [2.75, 3.05) is 10.2 Å². The summed E-state index contributed by atoms with van der Waals surface area (Å²) < 4.78 is 5.98. The highest BCUT2D eigenvalue weighted by molar-refractivity contribution is 14.1. The van der Waals surface area contributed by atoms with Crippen LogP contribution in [0, 0.1) is 10.1 Å². The number of hydrogen-bond donors (Lipinski definition) is 1. The lowest BCUT2D eigenvalue weighted by molar-refractivity contribution is -0.384. The smallest absolute Gasteiger partial charge is 0.355 e. The molecule has 2 amide bonds. The molecule has 2 aliphatic heterocycles. The summed E-state index contributed by atoms with van der Waals surface area (Å²) >= 11 is 5.12. The lowest BCUT2D eigenvalue weighted by Crippen LogP contribution is -2.70. The van der Waals surface area contributed by atoms with Gasteiger partial charge in [0.15, 0.2) is 0 Å². The molecule has 4 rings (SSSR count). The normalized spacial score (nSPS) is 19.5. The Balaban J connectivity index is 1.41. The van der Waals surface area contributed by atoms with Crippen LogP contribution >= 0.6 is 45.7 Å². The summed E-state index contributed by atoms with van der Waals surface area (Å²) in [5, 5.41) is 15.1. The molecule has 0 saturated carbocycles. The van der Waals surface area contributed by atoms with Crippen molar-refractivity contribution in [3.8, 4) is 0 Å². The summed E-state index contributed by atoms with van der Waals surface area (Å²) in [6, 6.07) is 8.77. The number of non-ortho nitro benzene ring substituents is 1. The Bertz CT molecular complexity index is 1120. The van der Waals surface area contributed by atoms with Crippen molar-refractivity contribution in [2.24, 2.45) is 0 Å². The van der Waals surface area contributed by atoms with Crippen molar-refractivity contribution < 1.29 is 24.0 Å². The fourth-order valence-corrected chi connectivity index (χ4v) is 6.55. The molecule has 9 nitrogen and oxygen atoms in total. The number of esters is 1. The minimum Gasteiger partial charge on any atom is -0.456 e. The maximum absolute atomic E-state index is 12.9. The van der Waals surface area contributed by atoms with Crippen molar-refractivity contribution in [2.45, 2.75) is 24.4 Å². The summed E-state index contributed by atoms with van der Waals surface area (Å²) in [7, 11) is 0. The molecule has 0 aliphatic carbocycles. The summed E-state index contributed by atoms with van der Waals surface area (Å²) in [4.78, 5) is 50.8. The number of nitrogens with zero attached hydrogens (tertiary/aromatic N) is 2. The first-order valence-electron chi connectivity index (χ1n) is 9.84. The molecule has 2 aromatic rings. The zero-order valence-corrected chi connectivity index (χ0v) is 20.9. The second-order valence-electron chi connectivity index (χ2n) is 7.30. The van der Waals surface area contributed by atoms with Crippen LogP contribution in [0.5, 0.6) is 0 Å². The molecule has 2 unspecified atom stereocenters. The van der Waals surface area contributed by atoms with Gasteiger partial charge in [0.05, 0.1) is 11.3 Å². The van der Waals surface area contributed by atoms with Crippen LogP contribution in [0.3, 0.4) is 0 Å². The van der Waals surface area contributed by atoms with Crippen molar-refractivity contribution in [1.82, 2.24) is 10.2 Å². The van der Waals surface area contributed by atoms with E-state index in [4.69, 9.17) is 4.74 Å². The van der Waals surface area contributed by atoms with Gasteiger partial charge in [-0.1, -0.05) is 28.7 Å². The Kier molecular flexibility index (Phi) is 7.34. The van der Waals surface area contributed by atoms with Crippen LogP contribution in [-0.4, -0.2) is 49.2 Å². The molecule has 0 spiro atoms. The van der Waals surface area contributed by atoms with E-state index in [1.54, 1.807) is 0 Å². The number of fused-ring (bicyclic) bond motifs is 1. The molecule has 3 heterocycles. The number of alkyl halides is 1. The molecule has 172 valence electrons. The third kappa shape index (κ3) is 5.06. The molecule has 33 heavy (non-hydrogen) atoms. The Morgan fingerprint density at radius 1 is 1.27 bits per heavy atom. The third-order valence-corrected chi connectivity index (χ3v) is 8.29. The number of thiophene rings is 1. The fraction of sp³-hybridized carbons (Fsp3) is 0.286. The number of carbonyl (C=O) groups is 3. The number of nitrogens with one attached hydrogen (secondary N) is 1. The highest BCUT2D eigenvalue weighted by atomic mass is 127. The Morgan fingerprint density at radius 3 is 2.67 bits per heavy atom. The molecule has 2 aliphatic rings. The van der Waals surface area contributed by atoms with Gasteiger partial charge in [0.1, 0.15) is 23.7 Å². The standard InChI is InChI=1S/C21H18IN3O6S2/c22-9-13-11-33-20-17(23-16(26)8-15-2-1-7-32-15)19(27)24(20)18(13)21(28)31-10-12-3-5-14(6-4-12)25(29)30/h1-7,17,20H,8-11H2,(H,23,26). The molecule has 1 aromatic carbocycles. The monoisotopic (exact) mass is 599 g/mol. The van der Waals surface area contributed by atoms with Gasteiger partial charge in [0.2, 0.25) is 5.91 Å². The number of hydrogen-bond acceptors (Lipinski definition) is 8. The zero-order chi connectivity index (χ0) is 23.5. The first-order valence-corrected chi connectivity index (χ1v) is 13.3. The topological polar surface area (TPSA) is 119 Å². The minimum absolute atomic E-state index is 0.0505. The fourth-order valence-electron chi connectivity index (χ4n) is 3.50. The number of nitro benzene ring substituents is 1. The predicted octanol–water partition coefficient (Wildman–Crippen LogP) is 3.03. The van der Waals surface area contributed by atoms with Crippen LogP contribution in [0.2, 0.25) is 0 Å². The van der Waals surface area contributed by atoms with E-state index >= 15 is 0 Å². The van der Waals surface area contributed by atoms with Gasteiger partial charge < -0.3 is 10.1 Å². The number of carbonyl (C=O) groups excluding carboxylic acids is 3. The lowest BCUT2D eigenvalue weighted by atomic mass is 10.0. The molecule has 1 aromatic heterocycles. The molecule has 1 fully saturated rings. The van der Waals surface area contributed by atoms with E-state index in [0.29, 0.717) is 15.7 Å². The molecule has 0 radical (unpaired) electrons. The molecule has 1 N–H and O–H groups in total. The van der Waals surface area contributed by atoms with E-state index in [1.807, 2.05) is 17.5 Å². The average molecular weight is 599 g/mol. The molecular formula is C21H18IN3O6S2. The van der Waals surface area contributed by atoms with E-state index in [0.717, 1.165) is 10.5 Å². The largest absolute Gasteiger partial charge is 0.456 e. The maximum Gasteiger partial charge on any atom is 0.355 e. The van der Waals surface area contributed by atoms with E-state index < -0.39 is 16.9 Å². The van der Waals surface area contributed by atoms with Crippen LogP contribution in [0.4, 0.5) is 5.69 Å². The number of benzene rings is 1. The van der Waals surface area contributed by atoms with Gasteiger partial charge in [-0.15, -0.1) is 23.1 Å². The third-order valence-electron chi connectivity index (χ3n) is 5.15. The van der Waals surface area contributed by atoms with Crippen LogP contribution in [-0.2, 0) is 32.1 Å². The Labute approximate surface area is 210 Å². The Hall–Kier alpha value is -2.45. The lowest BCUT2D eigenvalue weighted by Gasteiger charge is -2.49. The summed E-state index contributed by atoms with van der Waals surface area (Å²) in [6.45, 7) is -0.0737. The SMILES string of the molecule is O=C(Cc1cccs1)NC1C(=O)N2C(C(=O)OCc3ccc([N+](=O)[O-])cc3)=C(CI)CSC12. The van der Waals surface area contributed by atoms with Gasteiger partial charge in [0, 0.05) is 27.2 Å². The number of rotatable bonds is 8. The van der Waals surface area contributed by atoms with E-state index in [1.165, 1.54) is 52.3 Å². The van der Waals surface area contributed by atoms with Gasteiger partial charge in [0.25, 0.3) is 11.6 Å². The molecule has 1 saturated heterocycles. The number of nitro groups is 1. The molecule has 12 heteroatoms. The number of halogens is 1. The highest BCUT2D eigenvalue weighted by Crippen LogP contribution is 2.41. The zero-order valence-electron chi connectivity index (χ0n) is 17.1. The summed E-state index contributed by atoms with van der Waals surface area (Å²) in [5.41, 5.74) is 1.57. The van der Waals surface area contributed by atoms with Crippen LogP contribution in [0.1, 0.15) is 10.4 Å². The van der Waals surface area contributed by atoms with Gasteiger partial charge in [-0.25, -0.2) is 4.79 Å². The summed E-state index contributed by atoms with van der Waals surface area (Å²) in [5.74, 6) is -0.642. The number of thioether (sulfide) groups is 1. The molecule has 2 atom stereocenters. The number of amides is 2. The van der Waals surface area contributed by atoms with E-state index in [9.17, 15) is 24.5 Å². The highest BCUT2D eigenvalue weighted by Gasteiger charge is 2.54. The van der Waals surface area contributed by atoms with Gasteiger partial charge in [-0.2, -0.15) is 0 Å². The van der Waals surface area contributed by atoms with Gasteiger partial charge >= 0.3 is 5.97 Å². The second kappa shape index (κ2) is 10.2. The summed E-state index contributed by atoms with van der Waals surface area (Å²) in [6.07, 6.45) is 0.206. The van der Waals surface area contributed by atoms with Gasteiger partial charge in [-0.05, 0) is 34.7 Å². The van der Waals surface area contributed by atoms with Crippen molar-refractivity contribution in [3.63, 3.8) is 0 Å². The first kappa shape index (κ1) is 23.7. The van der Waals surface area contributed by atoms with Crippen LogP contribution < -0.4 is 5.32 Å². The van der Waals surface area contributed by atoms with Crippen LogP contribution in [0.15, 0.2) is 53.0 Å². The number of ether oxygens (including phenoxy) is 1. The Morgan fingerprint density at radius 2 is 2.03 bits per heavy atom. The van der Waals surface area contributed by atoms with Crippen LogP contribution in [0.25, 0.3) is 0 Å². The van der Waals surface area contributed by atoms with Crippen molar-refractivity contribution >= 4 is 69.2 Å². The van der Waals surface area contributed by atoms with E-state index in [2.05, 4.69) is 27.9 Å². The first-order chi connectivity index (χ1) is 15.9. The molecular weight excluding hydrogens is 581 g/mol. The maximum atomic E-state index is 12.9. The quantitative estimate of drug-likeness (QED) is 0.124. The van der Waals surface area contributed by atoms with Crippen molar-refractivity contribution in [1.29, 1.82) is 0 Å². The minimum atomic E-state index is -0.685. The molecule has 0 bridgehead atoms. The predicted molar refractivity (Wildman–Crippen MR) is 132 cm³/mol. The van der Waals surface area contributed by atoms with E-state index in [-0.39, 0.29) is 41.6 Å². The second-order valence-corrected chi connectivity index (χ2v) is 10.2. The van der Waals surface area contributed by atoms with Gasteiger partial charge in [-0.3, -0.25) is 24.6 Å².